The molecule has 128 valence electrons. The number of nitro groups is 1. The van der Waals surface area contributed by atoms with E-state index < -0.39 is 4.92 Å². The van der Waals surface area contributed by atoms with Crippen LogP contribution in [0.4, 0.5) is 5.88 Å². The number of nitrogens with zero attached hydrogens (tertiary/aromatic N) is 4. The van der Waals surface area contributed by atoms with Crippen LogP contribution in [0.1, 0.15) is 5.76 Å². The molecule has 0 saturated carbocycles. The Labute approximate surface area is 147 Å². The summed E-state index contributed by atoms with van der Waals surface area (Å²) in [7, 11) is 3.49. The smallest absolute Gasteiger partial charge is 0.433 e. The van der Waals surface area contributed by atoms with Crippen LogP contribution in [0.3, 0.4) is 0 Å². The molecule has 0 N–H and O–H groups in total. The van der Waals surface area contributed by atoms with E-state index in [9.17, 15) is 10.1 Å². The van der Waals surface area contributed by atoms with Crippen LogP contribution in [-0.2, 0) is 7.05 Å². The SMILES string of the molecule is COc1ccc(-c2nnc(S/C=C/c3ccc([N+](=O)[O-])o3)n2C)cc1. The Kier molecular flexibility index (Phi) is 4.85. The molecule has 9 heteroatoms. The van der Waals surface area contributed by atoms with Gasteiger partial charge >= 0.3 is 5.88 Å². The van der Waals surface area contributed by atoms with Gasteiger partial charge in [-0.05, 0) is 41.8 Å². The Balaban J connectivity index is 1.72. The minimum Gasteiger partial charge on any atom is -0.497 e. The first-order chi connectivity index (χ1) is 12.1. The highest BCUT2D eigenvalue weighted by molar-refractivity contribution is 8.02. The third-order valence-electron chi connectivity index (χ3n) is 3.38. The molecule has 0 unspecified atom stereocenters. The fourth-order valence-corrected chi connectivity index (χ4v) is 2.76. The summed E-state index contributed by atoms with van der Waals surface area (Å²) in [6.45, 7) is 0. The maximum absolute atomic E-state index is 10.6. The number of thioether (sulfide) groups is 1. The van der Waals surface area contributed by atoms with Crippen molar-refractivity contribution in [3.63, 3.8) is 0 Å². The van der Waals surface area contributed by atoms with Crippen LogP contribution in [0.2, 0.25) is 0 Å². The average Bonchev–Trinajstić information content (AvgIpc) is 3.23. The van der Waals surface area contributed by atoms with E-state index in [0.29, 0.717) is 10.9 Å². The zero-order chi connectivity index (χ0) is 17.8. The maximum atomic E-state index is 10.6. The summed E-state index contributed by atoms with van der Waals surface area (Å²) >= 11 is 1.34. The highest BCUT2D eigenvalue weighted by Crippen LogP contribution is 2.26. The summed E-state index contributed by atoms with van der Waals surface area (Å²) in [5.41, 5.74) is 0.924. The molecule has 0 saturated heterocycles. The Morgan fingerprint density at radius 1 is 1.24 bits per heavy atom. The second kappa shape index (κ2) is 7.22. The zero-order valence-corrected chi connectivity index (χ0v) is 14.3. The van der Waals surface area contributed by atoms with Gasteiger partial charge in [-0.2, -0.15) is 0 Å². The van der Waals surface area contributed by atoms with Gasteiger partial charge in [0.1, 0.15) is 16.4 Å². The van der Waals surface area contributed by atoms with Gasteiger partial charge in [0.05, 0.1) is 13.2 Å². The summed E-state index contributed by atoms with van der Waals surface area (Å²) in [6.07, 6.45) is 1.64. The second-order valence-electron chi connectivity index (χ2n) is 4.95. The molecule has 0 fully saturated rings. The van der Waals surface area contributed by atoms with Crippen molar-refractivity contribution in [3.8, 4) is 17.1 Å². The van der Waals surface area contributed by atoms with E-state index in [0.717, 1.165) is 17.1 Å². The number of hydrogen-bond donors (Lipinski definition) is 0. The Morgan fingerprint density at radius 3 is 2.64 bits per heavy atom. The van der Waals surface area contributed by atoms with Gasteiger partial charge in [0, 0.05) is 12.6 Å². The van der Waals surface area contributed by atoms with Crippen LogP contribution in [0, 0.1) is 10.1 Å². The van der Waals surface area contributed by atoms with E-state index in [2.05, 4.69) is 10.2 Å². The van der Waals surface area contributed by atoms with Crippen molar-refractivity contribution in [3.05, 3.63) is 57.7 Å². The van der Waals surface area contributed by atoms with E-state index in [1.807, 2.05) is 35.9 Å². The standard InChI is InChI=1S/C16H14N4O4S/c1-19-15(11-3-5-12(23-2)6-4-11)17-18-16(19)25-10-9-13-7-8-14(24-13)20(21)22/h3-10H,1-2H3/b10-9+. The van der Waals surface area contributed by atoms with Crippen molar-refractivity contribution in [2.24, 2.45) is 7.05 Å². The maximum Gasteiger partial charge on any atom is 0.433 e. The third kappa shape index (κ3) is 3.72. The molecule has 0 aliphatic carbocycles. The molecular weight excluding hydrogens is 344 g/mol. The first kappa shape index (κ1) is 16.8. The summed E-state index contributed by atoms with van der Waals surface area (Å²) in [4.78, 5) is 10.0. The Bertz CT molecular complexity index is 915. The molecule has 8 nitrogen and oxygen atoms in total. The van der Waals surface area contributed by atoms with Gasteiger partial charge in [-0.15, -0.1) is 10.2 Å². The number of benzene rings is 1. The van der Waals surface area contributed by atoms with Gasteiger partial charge < -0.3 is 13.7 Å². The molecule has 0 spiro atoms. The van der Waals surface area contributed by atoms with Gasteiger partial charge in [-0.1, -0.05) is 11.8 Å². The van der Waals surface area contributed by atoms with Crippen LogP contribution in [0.5, 0.6) is 5.75 Å². The number of ether oxygens (including phenoxy) is 1. The van der Waals surface area contributed by atoms with Gasteiger partial charge in [0.25, 0.3) is 0 Å². The van der Waals surface area contributed by atoms with Crippen LogP contribution < -0.4 is 4.74 Å². The molecule has 0 aliphatic rings. The van der Waals surface area contributed by atoms with Crippen molar-refractivity contribution in [2.45, 2.75) is 5.16 Å². The predicted octanol–water partition coefficient (Wildman–Crippen LogP) is 3.75. The normalized spacial score (nSPS) is 11.1. The lowest BCUT2D eigenvalue weighted by molar-refractivity contribution is -0.402. The van der Waals surface area contributed by atoms with E-state index in [1.165, 1.54) is 23.9 Å². The van der Waals surface area contributed by atoms with E-state index in [4.69, 9.17) is 9.15 Å². The Hall–Kier alpha value is -3.07. The Morgan fingerprint density at radius 2 is 2.00 bits per heavy atom. The quantitative estimate of drug-likeness (QED) is 0.376. The van der Waals surface area contributed by atoms with E-state index in [-0.39, 0.29) is 5.88 Å². The summed E-state index contributed by atoms with van der Waals surface area (Å²) < 4.78 is 12.1. The first-order valence-corrected chi connectivity index (χ1v) is 8.07. The van der Waals surface area contributed by atoms with Crippen LogP contribution in [0.25, 0.3) is 17.5 Å². The summed E-state index contributed by atoms with van der Waals surface area (Å²) in [6, 6.07) is 10.4. The minimum atomic E-state index is -0.575. The fourth-order valence-electron chi connectivity index (χ4n) is 2.10. The van der Waals surface area contributed by atoms with Crippen molar-refractivity contribution in [1.82, 2.24) is 14.8 Å². The minimum absolute atomic E-state index is 0.287. The van der Waals surface area contributed by atoms with Crippen molar-refractivity contribution in [1.29, 1.82) is 0 Å². The first-order valence-electron chi connectivity index (χ1n) is 7.19. The highest BCUT2D eigenvalue weighted by atomic mass is 32.2. The fraction of sp³-hybridized carbons (Fsp3) is 0.125. The molecule has 3 aromatic rings. The molecule has 3 rings (SSSR count). The van der Waals surface area contributed by atoms with Crippen molar-refractivity contribution < 1.29 is 14.1 Å². The molecule has 25 heavy (non-hydrogen) atoms. The van der Waals surface area contributed by atoms with Gasteiger partial charge in [0.15, 0.2) is 11.0 Å². The highest BCUT2D eigenvalue weighted by Gasteiger charge is 2.12. The van der Waals surface area contributed by atoms with Crippen LogP contribution in [-0.4, -0.2) is 26.8 Å². The summed E-state index contributed by atoms with van der Waals surface area (Å²) in [5, 5.41) is 21.4. The lowest BCUT2D eigenvalue weighted by Gasteiger charge is -2.03. The molecular formula is C16H14N4O4S. The largest absolute Gasteiger partial charge is 0.497 e. The molecule has 0 bridgehead atoms. The molecule has 0 radical (unpaired) electrons. The average molecular weight is 358 g/mol. The van der Waals surface area contributed by atoms with Gasteiger partial charge in [0.2, 0.25) is 0 Å². The number of aromatic nitrogens is 3. The number of furan rings is 1. The lowest BCUT2D eigenvalue weighted by Crippen LogP contribution is -1.94. The number of rotatable bonds is 6. The molecule has 0 amide bonds. The van der Waals surface area contributed by atoms with E-state index >= 15 is 0 Å². The predicted molar refractivity (Wildman–Crippen MR) is 93.2 cm³/mol. The molecule has 1 aromatic carbocycles. The van der Waals surface area contributed by atoms with E-state index in [1.54, 1.807) is 18.6 Å². The number of methoxy groups -OCH3 is 1. The number of hydrogen-bond acceptors (Lipinski definition) is 7. The third-order valence-corrected chi connectivity index (χ3v) is 4.22. The molecule has 0 aliphatic heterocycles. The second-order valence-corrected chi connectivity index (χ2v) is 5.82. The van der Waals surface area contributed by atoms with Gasteiger partial charge in [-0.25, -0.2) is 0 Å². The van der Waals surface area contributed by atoms with Crippen molar-refractivity contribution in [2.75, 3.05) is 7.11 Å². The van der Waals surface area contributed by atoms with Gasteiger partial charge in [-0.3, -0.25) is 10.1 Å². The van der Waals surface area contributed by atoms with Crippen molar-refractivity contribution >= 4 is 23.7 Å². The van der Waals surface area contributed by atoms with Crippen LogP contribution >= 0.6 is 11.8 Å². The summed E-state index contributed by atoms with van der Waals surface area (Å²) in [5.74, 6) is 1.62. The lowest BCUT2D eigenvalue weighted by atomic mass is 10.2. The zero-order valence-electron chi connectivity index (χ0n) is 13.4. The van der Waals surface area contributed by atoms with Crippen LogP contribution in [0.15, 0.2) is 51.4 Å². The molecule has 2 heterocycles. The molecule has 2 aromatic heterocycles. The monoisotopic (exact) mass is 358 g/mol. The molecule has 0 atom stereocenters. The topological polar surface area (TPSA) is 96.2 Å².